The SMILES string of the molecule is CC(C)CC1(O)CCC(C(C)C)CC1. The minimum Gasteiger partial charge on any atom is -0.390 e. The number of hydrogen-bond acceptors (Lipinski definition) is 1. The minimum atomic E-state index is -0.334. The lowest BCUT2D eigenvalue weighted by Crippen LogP contribution is -2.36. The first kappa shape index (κ1) is 12.0. The van der Waals surface area contributed by atoms with Gasteiger partial charge in [-0.2, -0.15) is 0 Å². The molecule has 1 N–H and O–H groups in total. The van der Waals surface area contributed by atoms with E-state index in [0.29, 0.717) is 5.92 Å². The van der Waals surface area contributed by atoms with Crippen LogP contribution in [0.15, 0.2) is 0 Å². The van der Waals surface area contributed by atoms with Crippen LogP contribution in [0.2, 0.25) is 0 Å². The Morgan fingerprint density at radius 1 is 1.14 bits per heavy atom. The largest absolute Gasteiger partial charge is 0.390 e. The fraction of sp³-hybridized carbons (Fsp3) is 1.00. The van der Waals surface area contributed by atoms with Crippen molar-refractivity contribution in [2.24, 2.45) is 17.8 Å². The third kappa shape index (κ3) is 3.27. The van der Waals surface area contributed by atoms with Gasteiger partial charge in [0.1, 0.15) is 0 Å². The highest BCUT2D eigenvalue weighted by molar-refractivity contribution is 4.86. The summed E-state index contributed by atoms with van der Waals surface area (Å²) in [5, 5.41) is 10.3. The molecule has 0 saturated heterocycles. The molecule has 0 aromatic heterocycles. The standard InChI is InChI=1S/C13H26O/c1-10(2)9-13(14)7-5-12(6-8-13)11(3)4/h10-12,14H,5-9H2,1-4H3. The normalized spacial score (nSPS) is 34.1. The highest BCUT2D eigenvalue weighted by atomic mass is 16.3. The van der Waals surface area contributed by atoms with Gasteiger partial charge in [0.2, 0.25) is 0 Å². The predicted octanol–water partition coefficient (Wildman–Crippen LogP) is 3.61. The van der Waals surface area contributed by atoms with Gasteiger partial charge in [0.15, 0.2) is 0 Å². The quantitative estimate of drug-likeness (QED) is 0.734. The number of hydrogen-bond donors (Lipinski definition) is 1. The molecule has 0 aromatic carbocycles. The van der Waals surface area contributed by atoms with Crippen LogP contribution in [-0.4, -0.2) is 10.7 Å². The van der Waals surface area contributed by atoms with E-state index in [1.54, 1.807) is 0 Å². The molecule has 1 nitrogen and oxygen atoms in total. The fourth-order valence-corrected chi connectivity index (χ4v) is 2.81. The highest BCUT2D eigenvalue weighted by Gasteiger charge is 2.34. The molecular weight excluding hydrogens is 172 g/mol. The summed E-state index contributed by atoms with van der Waals surface area (Å²) in [5.41, 5.74) is -0.334. The first-order valence-corrected chi connectivity index (χ1v) is 6.15. The molecule has 1 saturated carbocycles. The molecule has 1 rings (SSSR count). The molecule has 0 radical (unpaired) electrons. The molecular formula is C13H26O. The van der Waals surface area contributed by atoms with Crippen molar-refractivity contribution in [2.75, 3.05) is 0 Å². The van der Waals surface area contributed by atoms with Gasteiger partial charge in [0.05, 0.1) is 5.60 Å². The number of aliphatic hydroxyl groups is 1. The molecule has 0 aromatic rings. The first-order valence-electron chi connectivity index (χ1n) is 6.15. The zero-order chi connectivity index (χ0) is 10.8. The van der Waals surface area contributed by atoms with Crippen molar-refractivity contribution >= 4 is 0 Å². The molecule has 0 bridgehead atoms. The Morgan fingerprint density at radius 2 is 1.64 bits per heavy atom. The van der Waals surface area contributed by atoms with E-state index in [1.807, 2.05) is 0 Å². The summed E-state index contributed by atoms with van der Waals surface area (Å²) in [7, 11) is 0. The van der Waals surface area contributed by atoms with Crippen molar-refractivity contribution in [3.05, 3.63) is 0 Å². The molecule has 0 heterocycles. The summed E-state index contributed by atoms with van der Waals surface area (Å²) < 4.78 is 0. The van der Waals surface area contributed by atoms with E-state index in [-0.39, 0.29) is 5.60 Å². The van der Waals surface area contributed by atoms with E-state index in [0.717, 1.165) is 31.1 Å². The van der Waals surface area contributed by atoms with E-state index in [4.69, 9.17) is 0 Å². The maximum absolute atomic E-state index is 10.3. The molecule has 0 atom stereocenters. The molecule has 0 spiro atoms. The molecule has 1 fully saturated rings. The Kier molecular flexibility index (Phi) is 4.00. The minimum absolute atomic E-state index is 0.334. The highest BCUT2D eigenvalue weighted by Crippen LogP contribution is 2.38. The maximum Gasteiger partial charge on any atom is 0.0650 e. The van der Waals surface area contributed by atoms with Gasteiger partial charge in [-0.25, -0.2) is 0 Å². The van der Waals surface area contributed by atoms with Crippen molar-refractivity contribution in [1.29, 1.82) is 0 Å². The van der Waals surface area contributed by atoms with Crippen molar-refractivity contribution < 1.29 is 5.11 Å². The van der Waals surface area contributed by atoms with Gasteiger partial charge in [-0.1, -0.05) is 27.7 Å². The molecule has 14 heavy (non-hydrogen) atoms. The van der Waals surface area contributed by atoms with E-state index >= 15 is 0 Å². The second-order valence-corrected chi connectivity index (χ2v) is 5.90. The molecule has 0 amide bonds. The molecule has 84 valence electrons. The Labute approximate surface area is 88.9 Å². The van der Waals surface area contributed by atoms with Crippen LogP contribution in [0, 0.1) is 17.8 Å². The topological polar surface area (TPSA) is 20.2 Å². The van der Waals surface area contributed by atoms with Crippen LogP contribution in [0.4, 0.5) is 0 Å². The van der Waals surface area contributed by atoms with Crippen LogP contribution in [0.25, 0.3) is 0 Å². The third-order valence-electron chi connectivity index (χ3n) is 3.69. The van der Waals surface area contributed by atoms with Gasteiger partial charge in [-0.15, -0.1) is 0 Å². The van der Waals surface area contributed by atoms with E-state index < -0.39 is 0 Å². The lowest BCUT2D eigenvalue weighted by molar-refractivity contribution is -0.0309. The second kappa shape index (κ2) is 4.65. The first-order chi connectivity index (χ1) is 6.43. The second-order valence-electron chi connectivity index (χ2n) is 5.90. The summed E-state index contributed by atoms with van der Waals surface area (Å²) in [6, 6.07) is 0. The lowest BCUT2D eigenvalue weighted by atomic mass is 9.72. The average molecular weight is 198 g/mol. The van der Waals surface area contributed by atoms with Crippen molar-refractivity contribution in [3.8, 4) is 0 Å². The summed E-state index contributed by atoms with van der Waals surface area (Å²) in [6.45, 7) is 9.01. The zero-order valence-corrected chi connectivity index (χ0v) is 10.2. The van der Waals surface area contributed by atoms with Crippen LogP contribution in [0.5, 0.6) is 0 Å². The van der Waals surface area contributed by atoms with Gasteiger partial charge in [0.25, 0.3) is 0 Å². The van der Waals surface area contributed by atoms with Gasteiger partial charge < -0.3 is 5.11 Å². The van der Waals surface area contributed by atoms with E-state index in [2.05, 4.69) is 27.7 Å². The van der Waals surface area contributed by atoms with Crippen molar-refractivity contribution in [3.63, 3.8) is 0 Å². The van der Waals surface area contributed by atoms with Crippen LogP contribution in [-0.2, 0) is 0 Å². The molecule has 0 unspecified atom stereocenters. The van der Waals surface area contributed by atoms with Crippen molar-refractivity contribution in [1.82, 2.24) is 0 Å². The van der Waals surface area contributed by atoms with Crippen LogP contribution >= 0.6 is 0 Å². The smallest absolute Gasteiger partial charge is 0.0650 e. The van der Waals surface area contributed by atoms with Crippen LogP contribution in [0.1, 0.15) is 59.8 Å². The molecule has 1 aliphatic rings. The average Bonchev–Trinajstić information content (AvgIpc) is 2.02. The molecule has 1 heteroatoms. The van der Waals surface area contributed by atoms with Crippen LogP contribution < -0.4 is 0 Å². The summed E-state index contributed by atoms with van der Waals surface area (Å²) in [5.74, 6) is 2.26. The van der Waals surface area contributed by atoms with Gasteiger partial charge in [0, 0.05) is 0 Å². The van der Waals surface area contributed by atoms with E-state index in [9.17, 15) is 5.11 Å². The Bertz CT molecular complexity index is 164. The molecule has 0 aliphatic heterocycles. The summed E-state index contributed by atoms with van der Waals surface area (Å²) in [6.07, 6.45) is 5.47. The summed E-state index contributed by atoms with van der Waals surface area (Å²) in [4.78, 5) is 0. The monoisotopic (exact) mass is 198 g/mol. The Hall–Kier alpha value is -0.0400. The maximum atomic E-state index is 10.3. The van der Waals surface area contributed by atoms with E-state index in [1.165, 1.54) is 12.8 Å². The van der Waals surface area contributed by atoms with Gasteiger partial charge >= 0.3 is 0 Å². The third-order valence-corrected chi connectivity index (χ3v) is 3.69. The van der Waals surface area contributed by atoms with Gasteiger partial charge in [-0.05, 0) is 49.9 Å². The number of rotatable bonds is 3. The fourth-order valence-electron chi connectivity index (χ4n) is 2.81. The molecule has 1 aliphatic carbocycles. The summed E-state index contributed by atoms with van der Waals surface area (Å²) >= 11 is 0. The van der Waals surface area contributed by atoms with Crippen molar-refractivity contribution in [2.45, 2.75) is 65.4 Å². The van der Waals surface area contributed by atoms with Gasteiger partial charge in [-0.3, -0.25) is 0 Å². The Morgan fingerprint density at radius 3 is 2.00 bits per heavy atom. The lowest BCUT2D eigenvalue weighted by Gasteiger charge is -2.38. The van der Waals surface area contributed by atoms with Crippen LogP contribution in [0.3, 0.4) is 0 Å². The Balaban J connectivity index is 2.41. The zero-order valence-electron chi connectivity index (χ0n) is 10.2. The predicted molar refractivity (Wildman–Crippen MR) is 61.2 cm³/mol.